The van der Waals surface area contributed by atoms with Crippen molar-refractivity contribution < 1.29 is 71.7 Å². The third-order valence-electron chi connectivity index (χ3n) is 7.86. The largest absolute Gasteiger partial charge is 0.491 e. The zero-order valence-electron chi connectivity index (χ0n) is 28.9. The molecule has 3 aromatic rings. The van der Waals surface area contributed by atoms with Gasteiger partial charge in [0.05, 0.1) is 77.5 Å². The Morgan fingerprint density at radius 2 is 1.50 bits per heavy atom. The standard InChI is InChI=1S/C31H42ClN5O15P2/c1-2-7-45-8-9-46-10-11-47-12-13-48-14-15-49-21-3-5-22(6-4-21)51-23-17-36(18-23)28-24-16-33-37(29(24)35-31(32)34-28)30-27(39)26(38)25(52-30)19-50-54(43,44)20-53(40,41)42/h1,3-6,16,23,25-27,30,38-39H,7-15,17-20H2,(H,43,44)(H2,40,41,42)/t25-,26-,27-,30-/m1/s1. The van der Waals surface area contributed by atoms with Gasteiger partial charge in [0.1, 0.15) is 54.9 Å². The summed E-state index contributed by atoms with van der Waals surface area (Å²) in [7, 11) is -9.60. The van der Waals surface area contributed by atoms with E-state index in [9.17, 15) is 24.2 Å². The molecule has 2 fully saturated rings. The molecule has 0 aliphatic carbocycles. The van der Waals surface area contributed by atoms with Gasteiger partial charge in [0.25, 0.3) is 0 Å². The van der Waals surface area contributed by atoms with Crippen molar-refractivity contribution in [3.8, 4) is 23.8 Å². The molecule has 1 unspecified atom stereocenters. The Kier molecular flexibility index (Phi) is 15.4. The normalized spacial score (nSPS) is 21.5. The van der Waals surface area contributed by atoms with Gasteiger partial charge in [0.2, 0.25) is 5.28 Å². The molecule has 2 aromatic heterocycles. The van der Waals surface area contributed by atoms with E-state index in [1.54, 1.807) is 24.3 Å². The Labute approximate surface area is 314 Å². The van der Waals surface area contributed by atoms with Crippen LogP contribution in [0.2, 0.25) is 5.28 Å². The van der Waals surface area contributed by atoms with E-state index in [2.05, 4.69) is 21.0 Å². The smallest absolute Gasteiger partial charge is 0.340 e. The highest BCUT2D eigenvalue weighted by atomic mass is 35.5. The molecule has 4 heterocycles. The molecule has 1 aromatic carbocycles. The van der Waals surface area contributed by atoms with Crippen LogP contribution in [0.4, 0.5) is 5.82 Å². The highest BCUT2D eigenvalue weighted by Gasteiger charge is 2.46. The lowest BCUT2D eigenvalue weighted by Gasteiger charge is -2.40. The minimum Gasteiger partial charge on any atom is -0.491 e. The average molecular weight is 822 g/mol. The van der Waals surface area contributed by atoms with Gasteiger partial charge in [-0.05, 0) is 35.9 Å². The van der Waals surface area contributed by atoms with Gasteiger partial charge in [-0.15, -0.1) is 6.42 Å². The fraction of sp³-hybridized carbons (Fsp3) is 0.581. The van der Waals surface area contributed by atoms with Crippen LogP contribution in [0.1, 0.15) is 6.23 Å². The number of aliphatic hydroxyl groups excluding tert-OH is 2. The Hall–Kier alpha value is -2.96. The van der Waals surface area contributed by atoms with Gasteiger partial charge in [-0.2, -0.15) is 15.1 Å². The number of terminal acetylenes is 1. The molecule has 298 valence electrons. The summed E-state index contributed by atoms with van der Waals surface area (Å²) in [6.45, 7) is 3.89. The van der Waals surface area contributed by atoms with E-state index in [1.807, 2.05) is 4.90 Å². The number of rotatable bonds is 23. The van der Waals surface area contributed by atoms with E-state index in [1.165, 1.54) is 10.9 Å². The number of hydrogen-bond acceptors (Lipinski definition) is 16. The summed E-state index contributed by atoms with van der Waals surface area (Å²) >= 11 is 6.26. The molecule has 0 radical (unpaired) electrons. The van der Waals surface area contributed by atoms with Gasteiger partial charge in [-0.1, -0.05) is 5.92 Å². The van der Waals surface area contributed by atoms with Gasteiger partial charge >= 0.3 is 15.2 Å². The molecule has 0 spiro atoms. The summed E-state index contributed by atoms with van der Waals surface area (Å²) in [5.41, 5.74) is 0.177. The van der Waals surface area contributed by atoms with Crippen LogP contribution in [-0.2, 0) is 37.3 Å². The summed E-state index contributed by atoms with van der Waals surface area (Å²) in [6, 6.07) is 7.20. The number of aromatic nitrogens is 4. The first-order chi connectivity index (χ1) is 25.8. The Bertz CT molecular complexity index is 1790. The van der Waals surface area contributed by atoms with Crippen molar-refractivity contribution in [1.29, 1.82) is 0 Å². The van der Waals surface area contributed by atoms with Gasteiger partial charge in [-0.25, -0.2) is 4.68 Å². The molecule has 5 N–H and O–H groups in total. The van der Waals surface area contributed by atoms with Crippen LogP contribution >= 0.6 is 26.8 Å². The fourth-order valence-electron chi connectivity index (χ4n) is 5.35. The Morgan fingerprint density at radius 3 is 2.13 bits per heavy atom. The topological polar surface area (TPSA) is 256 Å². The predicted molar refractivity (Wildman–Crippen MR) is 190 cm³/mol. The first-order valence-electron chi connectivity index (χ1n) is 16.7. The maximum Gasteiger partial charge on any atom is 0.340 e. The zero-order chi connectivity index (χ0) is 38.7. The van der Waals surface area contributed by atoms with Crippen LogP contribution in [0, 0.1) is 12.3 Å². The van der Waals surface area contributed by atoms with E-state index in [-0.39, 0.29) is 23.6 Å². The SMILES string of the molecule is C#CCOCCOCCOCCOCCOc1ccc(OC2CN(c3nc(Cl)nc4c3cnn4[C@@H]3O[C@H](COP(=O)(O)CP(=O)(O)O)[C@@H](O)[C@H]3O)C2)cc1. The van der Waals surface area contributed by atoms with E-state index in [4.69, 9.17) is 65.5 Å². The van der Waals surface area contributed by atoms with E-state index < -0.39 is 52.2 Å². The van der Waals surface area contributed by atoms with Gasteiger partial charge in [-0.3, -0.25) is 9.13 Å². The average Bonchev–Trinajstić information content (AvgIpc) is 3.64. The number of aliphatic hydroxyl groups is 2. The highest BCUT2D eigenvalue weighted by Crippen LogP contribution is 2.55. The van der Waals surface area contributed by atoms with E-state index >= 15 is 0 Å². The van der Waals surface area contributed by atoms with Crippen molar-refractivity contribution in [2.45, 2.75) is 30.6 Å². The highest BCUT2D eigenvalue weighted by molar-refractivity contribution is 7.70. The minimum absolute atomic E-state index is 0.120. The van der Waals surface area contributed by atoms with Crippen molar-refractivity contribution in [2.75, 3.05) is 90.0 Å². The summed E-state index contributed by atoms with van der Waals surface area (Å²) in [4.78, 5) is 38.3. The van der Waals surface area contributed by atoms with E-state index in [0.29, 0.717) is 88.6 Å². The Balaban J connectivity index is 1.03. The first kappa shape index (κ1) is 42.2. The molecule has 20 nitrogen and oxygen atoms in total. The number of anilines is 1. The molecule has 5 atom stereocenters. The molecule has 2 aliphatic rings. The van der Waals surface area contributed by atoms with Crippen molar-refractivity contribution >= 4 is 43.6 Å². The third-order valence-corrected chi connectivity index (χ3v) is 11.5. The monoisotopic (exact) mass is 821 g/mol. The quantitative estimate of drug-likeness (QED) is 0.0383. The fourth-order valence-corrected chi connectivity index (χ4v) is 8.08. The lowest BCUT2D eigenvalue weighted by molar-refractivity contribution is -0.0541. The number of ether oxygens (including phenoxy) is 7. The van der Waals surface area contributed by atoms with Crippen LogP contribution < -0.4 is 14.4 Å². The molecule has 0 bridgehead atoms. The van der Waals surface area contributed by atoms with Gasteiger partial charge in [0, 0.05) is 0 Å². The molecular formula is C31H42ClN5O15P2. The molecule has 5 rings (SSSR count). The maximum atomic E-state index is 12.0. The molecular weight excluding hydrogens is 780 g/mol. The number of benzene rings is 1. The van der Waals surface area contributed by atoms with Gasteiger partial charge < -0.3 is 67.5 Å². The molecule has 23 heteroatoms. The third kappa shape index (κ3) is 12.3. The second kappa shape index (κ2) is 19.8. The number of hydrogen-bond donors (Lipinski definition) is 5. The zero-order valence-corrected chi connectivity index (χ0v) is 31.4. The maximum absolute atomic E-state index is 12.0. The molecule has 0 saturated carbocycles. The van der Waals surface area contributed by atoms with Crippen LogP contribution in [0.15, 0.2) is 30.5 Å². The number of fused-ring (bicyclic) bond motifs is 1. The lowest BCUT2D eigenvalue weighted by Crippen LogP contribution is -2.54. The molecule has 2 aliphatic heterocycles. The van der Waals surface area contributed by atoms with Crippen LogP contribution in [0.5, 0.6) is 11.5 Å². The predicted octanol–water partition coefficient (Wildman–Crippen LogP) is 0.782. The second-order valence-electron chi connectivity index (χ2n) is 12.0. The lowest BCUT2D eigenvalue weighted by atomic mass is 10.1. The van der Waals surface area contributed by atoms with Crippen molar-refractivity contribution in [3.63, 3.8) is 0 Å². The molecule has 0 amide bonds. The number of nitrogens with zero attached hydrogens (tertiary/aromatic N) is 5. The van der Waals surface area contributed by atoms with Gasteiger partial charge in [0.15, 0.2) is 17.8 Å². The van der Waals surface area contributed by atoms with Crippen LogP contribution in [0.25, 0.3) is 11.0 Å². The summed E-state index contributed by atoms with van der Waals surface area (Å²) in [5, 5.41) is 25.9. The van der Waals surface area contributed by atoms with Crippen molar-refractivity contribution in [3.05, 3.63) is 35.7 Å². The van der Waals surface area contributed by atoms with E-state index in [0.717, 1.165) is 0 Å². The summed E-state index contributed by atoms with van der Waals surface area (Å²) in [6.07, 6.45) is 0.529. The first-order valence-corrected chi connectivity index (χ1v) is 20.6. The summed E-state index contributed by atoms with van der Waals surface area (Å²) in [5.74, 6) is 2.72. The molecule has 54 heavy (non-hydrogen) atoms. The number of halogens is 1. The summed E-state index contributed by atoms with van der Waals surface area (Å²) < 4.78 is 68.1. The van der Waals surface area contributed by atoms with Crippen molar-refractivity contribution in [1.82, 2.24) is 19.7 Å². The Morgan fingerprint density at radius 1 is 0.889 bits per heavy atom. The molecule has 2 saturated heterocycles. The minimum atomic E-state index is -4.87. The second-order valence-corrected chi connectivity index (χ2v) is 16.3. The van der Waals surface area contributed by atoms with Crippen LogP contribution in [0.3, 0.4) is 0 Å². The van der Waals surface area contributed by atoms with Crippen LogP contribution in [-0.4, -0.2) is 154 Å². The van der Waals surface area contributed by atoms with Crippen molar-refractivity contribution in [2.24, 2.45) is 0 Å².